The molecule has 0 saturated carbocycles. The van der Waals surface area contributed by atoms with Crippen LogP contribution >= 0.6 is 0 Å². The van der Waals surface area contributed by atoms with Crippen molar-refractivity contribution in [3.63, 3.8) is 0 Å². The van der Waals surface area contributed by atoms with E-state index < -0.39 is 17.9 Å². The van der Waals surface area contributed by atoms with Crippen molar-refractivity contribution in [2.45, 2.75) is 13.3 Å². The molecule has 13 heavy (non-hydrogen) atoms. The van der Waals surface area contributed by atoms with Gasteiger partial charge in [-0.05, 0) is 12.5 Å². The summed E-state index contributed by atoms with van der Waals surface area (Å²) in [5.41, 5.74) is -1.02. The third-order valence-corrected chi connectivity index (χ3v) is 1.66. The molecule has 1 heterocycles. The van der Waals surface area contributed by atoms with Crippen LogP contribution < -0.4 is 0 Å². The largest absolute Gasteiger partial charge is 0.298 e. The maximum Gasteiger partial charge on any atom is 0.283 e. The summed E-state index contributed by atoms with van der Waals surface area (Å²) in [6, 6.07) is 0. The molecule has 1 rings (SSSR count). The van der Waals surface area contributed by atoms with Gasteiger partial charge in [-0.25, -0.2) is 13.2 Å². The summed E-state index contributed by atoms with van der Waals surface area (Å²) in [5, 5.41) is 0. The minimum Gasteiger partial charge on any atom is -0.298 e. The zero-order valence-electron chi connectivity index (χ0n) is 6.72. The van der Waals surface area contributed by atoms with Gasteiger partial charge in [-0.15, -0.1) is 0 Å². The molecule has 0 fully saturated rings. The number of carbonyl (C=O) groups excluding carboxylic acids is 1. The van der Waals surface area contributed by atoms with E-state index in [9.17, 15) is 18.0 Å². The Balaban J connectivity index is 3.31. The molecule has 0 spiro atoms. The Bertz CT molecular complexity index is 338. The highest BCUT2D eigenvalue weighted by atomic mass is 19.3. The van der Waals surface area contributed by atoms with Crippen LogP contribution in [0.1, 0.15) is 28.0 Å². The molecule has 0 N–H and O–H groups in total. The molecule has 0 aromatic carbocycles. The number of pyridine rings is 1. The Kier molecular flexibility index (Phi) is 2.65. The molecule has 0 atom stereocenters. The van der Waals surface area contributed by atoms with Gasteiger partial charge in [0.25, 0.3) is 6.43 Å². The maximum absolute atomic E-state index is 13.0. The zero-order chi connectivity index (χ0) is 10.0. The van der Waals surface area contributed by atoms with Crippen LogP contribution in [0.4, 0.5) is 13.2 Å². The lowest BCUT2D eigenvalue weighted by atomic mass is 10.1. The molecule has 0 aliphatic rings. The van der Waals surface area contributed by atoms with E-state index in [0.29, 0.717) is 6.29 Å². The normalized spacial score (nSPS) is 10.5. The minimum absolute atomic E-state index is 0.0121. The highest BCUT2D eigenvalue weighted by molar-refractivity contribution is 5.76. The van der Waals surface area contributed by atoms with Gasteiger partial charge in [-0.2, -0.15) is 0 Å². The van der Waals surface area contributed by atoms with E-state index in [0.717, 1.165) is 6.20 Å². The first-order chi connectivity index (χ1) is 6.07. The van der Waals surface area contributed by atoms with Gasteiger partial charge in [0.15, 0.2) is 12.1 Å². The molecule has 5 heteroatoms. The van der Waals surface area contributed by atoms with Crippen LogP contribution in [0.5, 0.6) is 0 Å². The summed E-state index contributed by atoms with van der Waals surface area (Å²) >= 11 is 0. The van der Waals surface area contributed by atoms with Crippen molar-refractivity contribution in [1.82, 2.24) is 4.98 Å². The lowest BCUT2D eigenvalue weighted by Gasteiger charge is -2.04. The summed E-state index contributed by atoms with van der Waals surface area (Å²) < 4.78 is 37.1. The summed E-state index contributed by atoms with van der Waals surface area (Å²) in [7, 11) is 0. The number of halogens is 3. The molecule has 0 aliphatic carbocycles. The number of hydrogen-bond donors (Lipinski definition) is 0. The Morgan fingerprint density at radius 2 is 2.15 bits per heavy atom. The quantitative estimate of drug-likeness (QED) is 0.668. The van der Waals surface area contributed by atoms with E-state index in [1.54, 1.807) is 0 Å². The lowest BCUT2D eigenvalue weighted by Crippen LogP contribution is -2.01. The number of nitrogens with zero attached hydrogens (tertiary/aromatic N) is 1. The second-order valence-electron chi connectivity index (χ2n) is 2.46. The first-order valence-electron chi connectivity index (χ1n) is 3.46. The number of aromatic nitrogens is 1. The SMILES string of the molecule is Cc1c(C=O)cnc(C(F)F)c1F. The average molecular weight is 189 g/mol. The predicted octanol–water partition coefficient (Wildman–Crippen LogP) is 2.28. The van der Waals surface area contributed by atoms with Gasteiger partial charge < -0.3 is 0 Å². The Morgan fingerprint density at radius 1 is 1.54 bits per heavy atom. The number of rotatable bonds is 2. The van der Waals surface area contributed by atoms with Gasteiger partial charge in [0.05, 0.1) is 0 Å². The second-order valence-corrected chi connectivity index (χ2v) is 2.46. The third-order valence-electron chi connectivity index (χ3n) is 1.66. The predicted molar refractivity (Wildman–Crippen MR) is 39.3 cm³/mol. The van der Waals surface area contributed by atoms with Crippen LogP contribution in [0.15, 0.2) is 6.20 Å². The lowest BCUT2D eigenvalue weighted by molar-refractivity contribution is 0.111. The van der Waals surface area contributed by atoms with Crippen molar-refractivity contribution in [1.29, 1.82) is 0 Å². The molecular formula is C8H6F3NO. The van der Waals surface area contributed by atoms with Gasteiger partial charge in [0.1, 0.15) is 5.69 Å². The van der Waals surface area contributed by atoms with Gasteiger partial charge in [-0.1, -0.05) is 0 Å². The van der Waals surface area contributed by atoms with Crippen molar-refractivity contribution in [2.75, 3.05) is 0 Å². The highest BCUT2D eigenvalue weighted by Crippen LogP contribution is 2.22. The molecule has 0 saturated heterocycles. The molecule has 0 unspecified atom stereocenters. The van der Waals surface area contributed by atoms with E-state index in [2.05, 4.69) is 4.98 Å². The van der Waals surface area contributed by atoms with Crippen LogP contribution in [0.3, 0.4) is 0 Å². The summed E-state index contributed by atoms with van der Waals surface area (Å²) in [6.45, 7) is 1.26. The van der Waals surface area contributed by atoms with E-state index in [1.807, 2.05) is 0 Å². The van der Waals surface area contributed by atoms with E-state index in [-0.39, 0.29) is 11.1 Å². The van der Waals surface area contributed by atoms with E-state index >= 15 is 0 Å². The number of alkyl halides is 2. The fourth-order valence-corrected chi connectivity index (χ4v) is 0.882. The van der Waals surface area contributed by atoms with Crippen molar-refractivity contribution in [2.24, 2.45) is 0 Å². The molecular weight excluding hydrogens is 183 g/mol. The fraction of sp³-hybridized carbons (Fsp3) is 0.250. The Labute approximate surface area is 72.4 Å². The molecule has 0 bridgehead atoms. The topological polar surface area (TPSA) is 30.0 Å². The van der Waals surface area contributed by atoms with E-state index in [1.165, 1.54) is 6.92 Å². The first kappa shape index (κ1) is 9.70. The molecule has 0 amide bonds. The number of aldehydes is 1. The monoisotopic (exact) mass is 189 g/mol. The summed E-state index contributed by atoms with van der Waals surface area (Å²) in [6.07, 6.45) is -1.65. The molecule has 1 aromatic heterocycles. The minimum atomic E-state index is -2.96. The molecule has 0 radical (unpaired) electrons. The van der Waals surface area contributed by atoms with E-state index in [4.69, 9.17) is 0 Å². The van der Waals surface area contributed by atoms with Crippen molar-refractivity contribution >= 4 is 6.29 Å². The number of carbonyl (C=O) groups is 1. The Morgan fingerprint density at radius 3 is 2.62 bits per heavy atom. The number of hydrogen-bond acceptors (Lipinski definition) is 2. The smallest absolute Gasteiger partial charge is 0.283 e. The standard InChI is InChI=1S/C8H6F3NO/c1-4-5(3-13)2-12-7(6(4)9)8(10)11/h2-3,8H,1H3. The van der Waals surface area contributed by atoms with Crippen molar-refractivity contribution in [3.8, 4) is 0 Å². The average Bonchev–Trinajstić information content (AvgIpc) is 2.09. The molecule has 70 valence electrons. The van der Waals surface area contributed by atoms with Crippen LogP contribution in [0, 0.1) is 12.7 Å². The third kappa shape index (κ3) is 1.68. The van der Waals surface area contributed by atoms with Crippen molar-refractivity contribution < 1.29 is 18.0 Å². The second kappa shape index (κ2) is 3.55. The van der Waals surface area contributed by atoms with Gasteiger partial charge in [-0.3, -0.25) is 9.78 Å². The Hall–Kier alpha value is -1.39. The maximum atomic E-state index is 13.0. The highest BCUT2D eigenvalue weighted by Gasteiger charge is 2.18. The van der Waals surface area contributed by atoms with Crippen LogP contribution in [0.25, 0.3) is 0 Å². The van der Waals surface area contributed by atoms with Gasteiger partial charge >= 0.3 is 0 Å². The molecule has 1 aromatic rings. The zero-order valence-corrected chi connectivity index (χ0v) is 6.72. The van der Waals surface area contributed by atoms with Crippen LogP contribution in [-0.2, 0) is 0 Å². The summed E-state index contributed by atoms with van der Waals surface area (Å²) in [4.78, 5) is 13.4. The van der Waals surface area contributed by atoms with Gasteiger partial charge in [0, 0.05) is 11.8 Å². The van der Waals surface area contributed by atoms with Crippen LogP contribution in [-0.4, -0.2) is 11.3 Å². The summed E-state index contributed by atoms with van der Waals surface area (Å²) in [5.74, 6) is -1.11. The fourth-order valence-electron chi connectivity index (χ4n) is 0.882. The van der Waals surface area contributed by atoms with Crippen LogP contribution in [0.2, 0.25) is 0 Å². The van der Waals surface area contributed by atoms with Crippen molar-refractivity contribution in [3.05, 3.63) is 28.8 Å². The first-order valence-corrected chi connectivity index (χ1v) is 3.46. The molecule has 2 nitrogen and oxygen atoms in total. The molecule has 0 aliphatic heterocycles. The van der Waals surface area contributed by atoms with Gasteiger partial charge in [0.2, 0.25) is 0 Å².